The Hall–Kier alpha value is -4.82. The van der Waals surface area contributed by atoms with Crippen LogP contribution in [0.5, 0.6) is 5.88 Å². The number of methoxy groups -OCH3 is 1. The van der Waals surface area contributed by atoms with Gasteiger partial charge in [0.05, 0.1) is 36.7 Å². The van der Waals surface area contributed by atoms with Crippen LogP contribution in [0.15, 0.2) is 47.5 Å². The molecule has 0 fully saturated rings. The van der Waals surface area contributed by atoms with Crippen molar-refractivity contribution in [3.63, 3.8) is 0 Å². The van der Waals surface area contributed by atoms with Crippen molar-refractivity contribution in [2.75, 3.05) is 38.0 Å². The maximum Gasteiger partial charge on any atom is 0.359 e. The van der Waals surface area contributed by atoms with Gasteiger partial charge in [-0.25, -0.2) is 14.5 Å². The molecular formula is C31H34ClN7O4. The van der Waals surface area contributed by atoms with E-state index in [4.69, 9.17) is 32.6 Å². The number of rotatable bonds is 10. The maximum atomic E-state index is 13.5. The summed E-state index contributed by atoms with van der Waals surface area (Å²) in [5, 5.41) is 8.48. The van der Waals surface area contributed by atoms with E-state index >= 15 is 0 Å². The fraction of sp³-hybridized carbons (Fsp3) is 0.323. The summed E-state index contributed by atoms with van der Waals surface area (Å²) in [5.74, 6) is 2.51. The second-order valence-corrected chi connectivity index (χ2v) is 10.7. The third kappa shape index (κ3) is 6.34. The van der Waals surface area contributed by atoms with Crippen LogP contribution in [0.4, 0.5) is 11.6 Å². The van der Waals surface area contributed by atoms with Crippen molar-refractivity contribution >= 4 is 29.2 Å². The molecule has 0 amide bonds. The van der Waals surface area contributed by atoms with E-state index in [0.29, 0.717) is 33.5 Å². The first kappa shape index (κ1) is 31.1. The van der Waals surface area contributed by atoms with Gasteiger partial charge in [0.1, 0.15) is 11.4 Å². The van der Waals surface area contributed by atoms with Gasteiger partial charge < -0.3 is 24.3 Å². The molecule has 0 spiro atoms. The smallest absolute Gasteiger partial charge is 0.359 e. The zero-order valence-electron chi connectivity index (χ0n) is 25.2. The summed E-state index contributed by atoms with van der Waals surface area (Å²) in [6.45, 7) is 5.81. The number of aryl methyl sites for hydroxylation is 1. The lowest BCUT2D eigenvalue weighted by Gasteiger charge is -2.24. The zero-order chi connectivity index (χ0) is 31.4. The molecule has 1 N–H and O–H groups in total. The quantitative estimate of drug-likeness (QED) is 0.205. The second-order valence-electron chi connectivity index (χ2n) is 10.2. The van der Waals surface area contributed by atoms with Crippen molar-refractivity contribution in [3.8, 4) is 23.9 Å². The Morgan fingerprint density at radius 3 is 2.51 bits per heavy atom. The Bertz CT molecular complexity index is 1740. The Kier molecular flexibility index (Phi) is 9.41. The highest BCUT2D eigenvalue weighted by atomic mass is 35.5. The molecule has 224 valence electrons. The third-order valence-corrected chi connectivity index (χ3v) is 6.88. The van der Waals surface area contributed by atoms with E-state index in [1.807, 2.05) is 40.1 Å². The molecule has 12 heteroatoms. The molecule has 1 aromatic carbocycles. The Labute approximate surface area is 255 Å². The highest BCUT2D eigenvalue weighted by molar-refractivity contribution is 6.30. The molecule has 1 atom stereocenters. The Morgan fingerprint density at radius 2 is 1.93 bits per heavy atom. The monoisotopic (exact) mass is 603 g/mol. The number of hydrogen-bond acceptors (Lipinski definition) is 9. The number of pyridine rings is 1. The molecule has 11 nitrogen and oxygen atoms in total. The van der Waals surface area contributed by atoms with Gasteiger partial charge >= 0.3 is 5.97 Å². The Balaban J connectivity index is 2.08. The van der Waals surface area contributed by atoms with Crippen molar-refractivity contribution in [2.24, 2.45) is 7.05 Å². The van der Waals surface area contributed by atoms with Gasteiger partial charge in [-0.1, -0.05) is 43.5 Å². The minimum Gasteiger partial charge on any atom is -0.479 e. The summed E-state index contributed by atoms with van der Waals surface area (Å²) in [6, 6.07) is 8.06. The molecule has 0 aliphatic heterocycles. The minimum absolute atomic E-state index is 0.0571. The largest absolute Gasteiger partial charge is 0.479 e. The Morgan fingerprint density at radius 1 is 1.23 bits per heavy atom. The van der Waals surface area contributed by atoms with Gasteiger partial charge in [0, 0.05) is 38.5 Å². The molecule has 43 heavy (non-hydrogen) atoms. The molecule has 3 heterocycles. The SMILES string of the molecule is C#Cc1ccc(C(Nc2cc(Cl)cn(C)c2=O)c2c(C(=O)OCC)nn(-c3cnc(N(C)C)nc3OC)c2C(C)C)cc1. The summed E-state index contributed by atoms with van der Waals surface area (Å²) >= 11 is 6.35. The summed E-state index contributed by atoms with van der Waals surface area (Å²) in [4.78, 5) is 37.5. The van der Waals surface area contributed by atoms with E-state index in [1.54, 1.807) is 47.9 Å². The molecule has 0 aliphatic rings. The zero-order valence-corrected chi connectivity index (χ0v) is 25.9. The van der Waals surface area contributed by atoms with E-state index in [1.165, 1.54) is 17.9 Å². The fourth-order valence-corrected chi connectivity index (χ4v) is 4.96. The first-order valence-electron chi connectivity index (χ1n) is 13.6. The van der Waals surface area contributed by atoms with Crippen LogP contribution in [-0.2, 0) is 11.8 Å². The van der Waals surface area contributed by atoms with Gasteiger partial charge in [-0.3, -0.25) is 4.79 Å². The van der Waals surface area contributed by atoms with Crippen LogP contribution in [0, 0.1) is 12.3 Å². The first-order chi connectivity index (χ1) is 20.5. The van der Waals surface area contributed by atoms with Crippen LogP contribution in [0.25, 0.3) is 5.69 Å². The lowest BCUT2D eigenvalue weighted by Crippen LogP contribution is -2.25. The molecule has 0 aliphatic carbocycles. The molecule has 3 aromatic heterocycles. The molecule has 0 saturated carbocycles. The van der Waals surface area contributed by atoms with E-state index < -0.39 is 12.0 Å². The van der Waals surface area contributed by atoms with Crippen molar-refractivity contribution in [1.82, 2.24) is 24.3 Å². The number of aromatic nitrogens is 5. The second kappa shape index (κ2) is 13.0. The highest BCUT2D eigenvalue weighted by Crippen LogP contribution is 2.38. The van der Waals surface area contributed by atoms with Crippen LogP contribution in [0.3, 0.4) is 0 Å². The highest BCUT2D eigenvalue weighted by Gasteiger charge is 2.34. The van der Waals surface area contributed by atoms with E-state index in [2.05, 4.69) is 21.2 Å². The third-order valence-electron chi connectivity index (χ3n) is 6.67. The number of esters is 1. The van der Waals surface area contributed by atoms with Crippen LogP contribution < -0.4 is 20.5 Å². The van der Waals surface area contributed by atoms with Crippen molar-refractivity contribution in [2.45, 2.75) is 32.7 Å². The molecule has 4 aromatic rings. The maximum absolute atomic E-state index is 13.5. The number of carbonyl (C=O) groups excluding carboxylic acids is 1. The molecule has 0 saturated heterocycles. The number of terminal acetylenes is 1. The van der Waals surface area contributed by atoms with Crippen LogP contribution >= 0.6 is 11.6 Å². The summed E-state index contributed by atoms with van der Waals surface area (Å²) in [7, 11) is 6.76. The summed E-state index contributed by atoms with van der Waals surface area (Å²) in [5.41, 5.74) is 2.96. The summed E-state index contributed by atoms with van der Waals surface area (Å²) in [6.07, 6.45) is 8.74. The predicted molar refractivity (Wildman–Crippen MR) is 167 cm³/mol. The van der Waals surface area contributed by atoms with E-state index in [-0.39, 0.29) is 35.3 Å². The molecule has 1 unspecified atom stereocenters. The molecule has 0 radical (unpaired) electrons. The minimum atomic E-state index is -0.753. The van der Waals surface area contributed by atoms with Gasteiger partial charge in [-0.05, 0) is 36.6 Å². The fourth-order valence-electron chi connectivity index (χ4n) is 4.70. The number of hydrogen-bond donors (Lipinski definition) is 1. The van der Waals surface area contributed by atoms with Gasteiger partial charge in [-0.2, -0.15) is 10.1 Å². The molecule has 4 rings (SSSR count). The molecule has 0 bridgehead atoms. The summed E-state index contributed by atoms with van der Waals surface area (Å²) < 4.78 is 14.1. The van der Waals surface area contributed by atoms with Crippen molar-refractivity contribution in [1.29, 1.82) is 0 Å². The average Bonchev–Trinajstić information content (AvgIpc) is 3.38. The number of anilines is 2. The van der Waals surface area contributed by atoms with Crippen molar-refractivity contribution < 1.29 is 14.3 Å². The van der Waals surface area contributed by atoms with Crippen molar-refractivity contribution in [3.05, 3.63) is 86.2 Å². The number of ether oxygens (including phenoxy) is 2. The van der Waals surface area contributed by atoms with Gasteiger partial charge in [0.15, 0.2) is 5.69 Å². The first-order valence-corrected chi connectivity index (χ1v) is 14.0. The number of halogens is 1. The lowest BCUT2D eigenvalue weighted by atomic mass is 9.91. The van der Waals surface area contributed by atoms with Crippen LogP contribution in [-0.4, -0.2) is 58.1 Å². The lowest BCUT2D eigenvalue weighted by molar-refractivity contribution is 0.0517. The topological polar surface area (TPSA) is 116 Å². The standard InChI is InChI=1S/C31H34ClN7O4/c1-9-19-11-13-20(14-12-19)25(34-22-15-21(32)17-38(7)29(22)40)24-26(30(41)43-10-2)36-39(27(24)18(3)4)23-16-33-31(37(5)6)35-28(23)42-8/h1,11-18,25,34H,10H2,2-8H3. The van der Waals surface area contributed by atoms with Gasteiger partial charge in [0.25, 0.3) is 5.56 Å². The van der Waals surface area contributed by atoms with E-state index in [0.717, 1.165) is 5.56 Å². The number of nitrogens with one attached hydrogen (secondary N) is 1. The normalized spacial score (nSPS) is 11.6. The average molecular weight is 604 g/mol. The van der Waals surface area contributed by atoms with Gasteiger partial charge in [-0.15, -0.1) is 6.42 Å². The number of nitrogens with zero attached hydrogens (tertiary/aromatic N) is 6. The van der Waals surface area contributed by atoms with Crippen LogP contribution in [0.2, 0.25) is 5.02 Å². The van der Waals surface area contributed by atoms with E-state index in [9.17, 15) is 9.59 Å². The number of carbonyl (C=O) groups is 1. The van der Waals surface area contributed by atoms with Crippen LogP contribution in [0.1, 0.15) is 65.6 Å². The van der Waals surface area contributed by atoms with Gasteiger partial charge in [0.2, 0.25) is 11.8 Å². The predicted octanol–water partition coefficient (Wildman–Crippen LogP) is 4.57. The molecular weight excluding hydrogens is 570 g/mol. The number of benzene rings is 1.